The molecule has 148 valence electrons. The highest BCUT2D eigenvalue weighted by Gasteiger charge is 2.34. The molecule has 1 saturated carbocycles. The van der Waals surface area contributed by atoms with E-state index in [1.54, 1.807) is 18.2 Å². The lowest BCUT2D eigenvalue weighted by atomic mass is 9.99. The molecule has 0 unspecified atom stereocenters. The van der Waals surface area contributed by atoms with Gasteiger partial charge in [-0.05, 0) is 54.0 Å². The Morgan fingerprint density at radius 1 is 0.966 bits per heavy atom. The molecule has 1 N–H and O–H groups in total. The van der Waals surface area contributed by atoms with Gasteiger partial charge in [0.1, 0.15) is 0 Å². The number of benzene rings is 3. The van der Waals surface area contributed by atoms with Crippen molar-refractivity contribution in [1.29, 1.82) is 0 Å². The van der Waals surface area contributed by atoms with Crippen molar-refractivity contribution in [3.63, 3.8) is 0 Å². The van der Waals surface area contributed by atoms with Crippen LogP contribution in [-0.4, -0.2) is 25.8 Å². The van der Waals surface area contributed by atoms with E-state index in [4.69, 9.17) is 0 Å². The van der Waals surface area contributed by atoms with Crippen LogP contribution in [0.15, 0.2) is 65.6 Å². The van der Waals surface area contributed by atoms with Crippen LogP contribution in [0.3, 0.4) is 0 Å². The predicted octanol–water partition coefficient (Wildman–Crippen LogP) is 3.94. The van der Waals surface area contributed by atoms with Gasteiger partial charge in [0, 0.05) is 30.1 Å². The first-order valence-electron chi connectivity index (χ1n) is 9.92. The minimum Gasteiger partial charge on any atom is -0.338 e. The molecule has 0 spiro atoms. The van der Waals surface area contributed by atoms with Crippen LogP contribution < -0.4 is 4.72 Å². The molecule has 1 aliphatic carbocycles. The Kier molecular flexibility index (Phi) is 4.32. The first-order chi connectivity index (χ1) is 14.0. The lowest BCUT2D eigenvalue weighted by Crippen LogP contribution is -2.36. The summed E-state index contributed by atoms with van der Waals surface area (Å²) in [6.45, 7) is 1.29. The van der Waals surface area contributed by atoms with E-state index >= 15 is 0 Å². The van der Waals surface area contributed by atoms with E-state index in [1.165, 1.54) is 5.56 Å². The molecule has 1 aliphatic heterocycles. The normalized spacial score (nSPS) is 16.5. The molecule has 3 aromatic carbocycles. The molecular weight excluding hydrogens is 384 g/mol. The first-order valence-corrected chi connectivity index (χ1v) is 11.4. The third-order valence-electron chi connectivity index (χ3n) is 5.75. The highest BCUT2D eigenvalue weighted by atomic mass is 32.2. The number of hydrogen-bond acceptors (Lipinski definition) is 3. The number of sulfonamides is 1. The summed E-state index contributed by atoms with van der Waals surface area (Å²) in [5, 5.41) is 1.58. The highest BCUT2D eigenvalue weighted by Crippen LogP contribution is 2.33. The van der Waals surface area contributed by atoms with E-state index in [-0.39, 0.29) is 16.7 Å². The van der Waals surface area contributed by atoms with Crippen molar-refractivity contribution >= 4 is 32.4 Å². The zero-order valence-electron chi connectivity index (χ0n) is 16.0. The maximum atomic E-state index is 13.1. The Morgan fingerprint density at radius 3 is 2.59 bits per heavy atom. The zero-order valence-corrected chi connectivity index (χ0v) is 16.8. The van der Waals surface area contributed by atoms with Gasteiger partial charge in [0.2, 0.25) is 5.91 Å². The molecule has 2 aliphatic rings. The second kappa shape index (κ2) is 6.88. The van der Waals surface area contributed by atoms with Gasteiger partial charge in [-0.25, -0.2) is 8.42 Å². The minimum absolute atomic E-state index is 0.199. The molecule has 5 rings (SSSR count). The fourth-order valence-corrected chi connectivity index (χ4v) is 5.32. The van der Waals surface area contributed by atoms with E-state index in [0.29, 0.717) is 17.6 Å². The van der Waals surface area contributed by atoms with Crippen molar-refractivity contribution in [1.82, 2.24) is 4.90 Å². The summed E-state index contributed by atoms with van der Waals surface area (Å²) in [7, 11) is -3.73. The van der Waals surface area contributed by atoms with Gasteiger partial charge in [0.25, 0.3) is 10.0 Å². The van der Waals surface area contributed by atoms with Gasteiger partial charge in [-0.2, -0.15) is 0 Å². The molecule has 5 nitrogen and oxygen atoms in total. The Bertz CT molecular complexity index is 1210. The second-order valence-corrected chi connectivity index (χ2v) is 9.50. The summed E-state index contributed by atoms with van der Waals surface area (Å²) < 4.78 is 28.9. The average Bonchev–Trinajstić information content (AvgIpc) is 3.57. The van der Waals surface area contributed by atoms with E-state index < -0.39 is 10.0 Å². The van der Waals surface area contributed by atoms with Crippen LogP contribution in [0.1, 0.15) is 24.0 Å². The fraction of sp³-hybridized carbons (Fsp3) is 0.261. The van der Waals surface area contributed by atoms with E-state index in [0.717, 1.165) is 36.8 Å². The molecule has 6 heteroatoms. The summed E-state index contributed by atoms with van der Waals surface area (Å²) in [5.41, 5.74) is 2.72. The zero-order chi connectivity index (χ0) is 20.0. The van der Waals surface area contributed by atoms with Gasteiger partial charge in [0.05, 0.1) is 4.90 Å². The van der Waals surface area contributed by atoms with Crippen LogP contribution in [0.4, 0.5) is 5.69 Å². The molecule has 0 bridgehead atoms. The smallest absolute Gasteiger partial charge is 0.262 e. The molecular formula is C23H22N2O3S. The molecule has 1 fully saturated rings. The number of carbonyl (C=O) groups excluding carboxylic acids is 1. The molecule has 0 radical (unpaired) electrons. The molecule has 1 heterocycles. The SMILES string of the molecule is O=C(C1CC1)N1CCc2ccc(NS(=O)(=O)c3cccc4ccccc34)cc2C1. The number of carbonyl (C=O) groups is 1. The van der Waals surface area contributed by atoms with Crippen LogP contribution in [0.5, 0.6) is 0 Å². The standard InChI is InChI=1S/C23H22N2O3S/c26-23(18-8-9-18)25-13-12-16-10-11-20(14-19(16)15-25)24-29(27,28)22-7-3-5-17-4-1-2-6-21(17)22/h1-7,10-11,14,18,24H,8-9,12-13,15H2. The topological polar surface area (TPSA) is 66.5 Å². The lowest BCUT2D eigenvalue weighted by molar-refractivity contribution is -0.133. The summed E-state index contributed by atoms with van der Waals surface area (Å²) in [6, 6.07) is 18.4. The number of rotatable bonds is 4. The Labute approximate surface area is 170 Å². The van der Waals surface area contributed by atoms with Crippen LogP contribution in [0.2, 0.25) is 0 Å². The van der Waals surface area contributed by atoms with E-state index in [9.17, 15) is 13.2 Å². The number of anilines is 1. The van der Waals surface area contributed by atoms with Crippen molar-refractivity contribution in [2.75, 3.05) is 11.3 Å². The summed E-state index contributed by atoms with van der Waals surface area (Å²) in [6.07, 6.45) is 2.80. The molecule has 1 amide bonds. The van der Waals surface area contributed by atoms with Crippen molar-refractivity contribution < 1.29 is 13.2 Å². The second-order valence-electron chi connectivity index (χ2n) is 7.85. The van der Waals surface area contributed by atoms with Crippen LogP contribution in [0.25, 0.3) is 10.8 Å². The summed E-state index contributed by atoms with van der Waals surface area (Å²) >= 11 is 0. The van der Waals surface area contributed by atoms with Gasteiger partial charge in [-0.15, -0.1) is 0 Å². The van der Waals surface area contributed by atoms with Gasteiger partial charge in [-0.3, -0.25) is 9.52 Å². The fourth-order valence-electron chi connectivity index (χ4n) is 4.04. The minimum atomic E-state index is -3.73. The molecule has 0 aromatic heterocycles. The Hall–Kier alpha value is -2.86. The van der Waals surface area contributed by atoms with Crippen molar-refractivity contribution in [2.45, 2.75) is 30.7 Å². The van der Waals surface area contributed by atoms with Crippen LogP contribution in [0, 0.1) is 5.92 Å². The van der Waals surface area contributed by atoms with Gasteiger partial charge < -0.3 is 4.90 Å². The quantitative estimate of drug-likeness (QED) is 0.714. The van der Waals surface area contributed by atoms with Crippen molar-refractivity contribution in [3.8, 4) is 0 Å². The predicted molar refractivity (Wildman–Crippen MR) is 113 cm³/mol. The largest absolute Gasteiger partial charge is 0.338 e. The number of amides is 1. The van der Waals surface area contributed by atoms with Crippen molar-refractivity contribution in [2.24, 2.45) is 5.92 Å². The van der Waals surface area contributed by atoms with Crippen molar-refractivity contribution in [3.05, 3.63) is 71.8 Å². The summed E-state index contributed by atoms with van der Waals surface area (Å²) in [4.78, 5) is 14.6. The number of fused-ring (bicyclic) bond motifs is 2. The maximum absolute atomic E-state index is 13.1. The van der Waals surface area contributed by atoms with Gasteiger partial charge >= 0.3 is 0 Å². The van der Waals surface area contributed by atoms with E-state index in [1.807, 2.05) is 47.4 Å². The molecule has 3 aromatic rings. The first kappa shape index (κ1) is 18.2. The third kappa shape index (κ3) is 3.49. The maximum Gasteiger partial charge on any atom is 0.262 e. The molecule has 0 saturated heterocycles. The van der Waals surface area contributed by atoms with Gasteiger partial charge in [0.15, 0.2) is 0 Å². The summed E-state index contributed by atoms with van der Waals surface area (Å²) in [5.74, 6) is 0.432. The highest BCUT2D eigenvalue weighted by molar-refractivity contribution is 7.93. The van der Waals surface area contributed by atoms with Crippen LogP contribution in [-0.2, 0) is 27.8 Å². The third-order valence-corrected chi connectivity index (χ3v) is 7.19. The van der Waals surface area contributed by atoms with Crippen LogP contribution >= 0.6 is 0 Å². The Balaban J connectivity index is 1.43. The lowest BCUT2D eigenvalue weighted by Gasteiger charge is -2.29. The number of nitrogens with one attached hydrogen (secondary N) is 1. The monoisotopic (exact) mass is 406 g/mol. The average molecular weight is 407 g/mol. The number of hydrogen-bond donors (Lipinski definition) is 1. The molecule has 29 heavy (non-hydrogen) atoms. The Morgan fingerprint density at radius 2 is 1.76 bits per heavy atom. The van der Waals surface area contributed by atoms with Gasteiger partial charge in [-0.1, -0.05) is 42.5 Å². The molecule has 0 atom stereocenters. The number of nitrogens with zero attached hydrogens (tertiary/aromatic N) is 1. The van der Waals surface area contributed by atoms with E-state index in [2.05, 4.69) is 4.72 Å².